The highest BCUT2D eigenvalue weighted by molar-refractivity contribution is 5.86. The highest BCUT2D eigenvalue weighted by atomic mass is 19.4. The number of aromatic hydroxyl groups is 1. The Labute approximate surface area is 107 Å². The zero-order chi connectivity index (χ0) is 14.0. The van der Waals surface area contributed by atoms with Crippen LogP contribution in [0, 0.1) is 0 Å². The molecule has 1 aromatic carbocycles. The Balaban J connectivity index is 2.30. The molecule has 0 bridgehead atoms. The van der Waals surface area contributed by atoms with Crippen molar-refractivity contribution in [1.29, 1.82) is 0 Å². The monoisotopic (exact) mass is 271 g/mol. The fourth-order valence-corrected chi connectivity index (χ4v) is 2.12. The second kappa shape index (κ2) is 4.95. The zero-order valence-corrected chi connectivity index (χ0v) is 9.92. The molecular weight excluding hydrogens is 259 g/mol. The van der Waals surface area contributed by atoms with Crippen molar-refractivity contribution in [2.24, 2.45) is 0 Å². The van der Waals surface area contributed by atoms with Crippen LogP contribution in [0.25, 0.3) is 5.57 Å². The number of carbonyl (C=O) groups excluding carboxylic acids is 1. The molecule has 0 saturated heterocycles. The molecule has 0 fully saturated rings. The fraction of sp³-hybridized carbons (Fsp3) is 0.308. The molecular formula is C13H12F3NO2. The summed E-state index contributed by atoms with van der Waals surface area (Å²) in [7, 11) is 0. The van der Waals surface area contributed by atoms with E-state index in [1.54, 1.807) is 18.2 Å². The number of phenols is 1. The van der Waals surface area contributed by atoms with Crippen LogP contribution in [-0.2, 0) is 4.79 Å². The highest BCUT2D eigenvalue weighted by Gasteiger charge is 2.39. The molecule has 19 heavy (non-hydrogen) atoms. The number of carbonyl (C=O) groups is 1. The van der Waals surface area contributed by atoms with Gasteiger partial charge < -0.3 is 10.4 Å². The number of rotatable bonds is 2. The van der Waals surface area contributed by atoms with Crippen LogP contribution in [0.5, 0.6) is 5.75 Å². The summed E-state index contributed by atoms with van der Waals surface area (Å²) in [6.45, 7) is 0. The molecule has 2 rings (SSSR count). The van der Waals surface area contributed by atoms with E-state index in [2.05, 4.69) is 0 Å². The third kappa shape index (κ3) is 2.89. The molecule has 0 aliphatic heterocycles. The molecule has 0 radical (unpaired) electrons. The Morgan fingerprint density at radius 2 is 1.89 bits per heavy atom. The zero-order valence-electron chi connectivity index (χ0n) is 9.92. The lowest BCUT2D eigenvalue weighted by molar-refractivity contribution is -0.172. The van der Waals surface area contributed by atoms with Crippen LogP contribution in [0.1, 0.15) is 24.8 Å². The molecule has 1 aromatic rings. The molecule has 6 heteroatoms. The van der Waals surface area contributed by atoms with Gasteiger partial charge in [-0.2, -0.15) is 13.2 Å². The van der Waals surface area contributed by atoms with Crippen molar-refractivity contribution in [3.05, 3.63) is 35.5 Å². The van der Waals surface area contributed by atoms with Gasteiger partial charge in [0.25, 0.3) is 0 Å². The third-order valence-electron chi connectivity index (χ3n) is 2.97. The largest absolute Gasteiger partial charge is 0.507 e. The first-order chi connectivity index (χ1) is 8.89. The maximum Gasteiger partial charge on any atom is 0.471 e. The smallest absolute Gasteiger partial charge is 0.471 e. The molecule has 0 atom stereocenters. The van der Waals surface area contributed by atoms with E-state index in [9.17, 15) is 23.1 Å². The van der Waals surface area contributed by atoms with E-state index in [4.69, 9.17) is 0 Å². The number of nitrogens with one attached hydrogen (secondary N) is 1. The lowest BCUT2D eigenvalue weighted by Gasteiger charge is -2.12. The standard InChI is InChI=1S/C13H12F3NO2/c14-13(15,16)12(19)17-10-6-3-5-8(10)9-4-1-2-7-11(9)18/h1-2,4,7,18H,3,5-6H2,(H,17,19). The van der Waals surface area contributed by atoms with Gasteiger partial charge in [-0.1, -0.05) is 18.2 Å². The Hall–Kier alpha value is -1.98. The van der Waals surface area contributed by atoms with E-state index >= 15 is 0 Å². The predicted molar refractivity (Wildman–Crippen MR) is 63.1 cm³/mol. The molecule has 0 unspecified atom stereocenters. The Bertz CT molecular complexity index is 535. The van der Waals surface area contributed by atoms with E-state index < -0.39 is 12.1 Å². The van der Waals surface area contributed by atoms with E-state index in [1.807, 2.05) is 5.32 Å². The number of para-hydroxylation sites is 1. The van der Waals surface area contributed by atoms with Crippen LogP contribution >= 0.6 is 0 Å². The van der Waals surface area contributed by atoms with Crippen molar-refractivity contribution in [3.8, 4) is 5.75 Å². The molecule has 2 N–H and O–H groups in total. The number of phenolic OH excluding ortho intramolecular Hbond substituents is 1. The van der Waals surface area contributed by atoms with Crippen LogP contribution in [0.4, 0.5) is 13.2 Å². The second-order valence-corrected chi connectivity index (χ2v) is 4.28. The first-order valence-corrected chi connectivity index (χ1v) is 5.78. The predicted octanol–water partition coefficient (Wildman–Crippen LogP) is 2.97. The summed E-state index contributed by atoms with van der Waals surface area (Å²) in [4.78, 5) is 10.9. The number of halogens is 3. The van der Waals surface area contributed by atoms with Gasteiger partial charge in [-0.3, -0.25) is 4.79 Å². The lowest BCUT2D eigenvalue weighted by Crippen LogP contribution is -2.36. The first-order valence-electron chi connectivity index (χ1n) is 5.78. The fourth-order valence-electron chi connectivity index (χ4n) is 2.12. The lowest BCUT2D eigenvalue weighted by atomic mass is 10.0. The summed E-state index contributed by atoms with van der Waals surface area (Å²) in [5.41, 5.74) is 1.27. The van der Waals surface area contributed by atoms with E-state index in [0.717, 1.165) is 0 Å². The summed E-state index contributed by atoms with van der Waals surface area (Å²) in [5.74, 6) is -1.98. The van der Waals surface area contributed by atoms with Crippen molar-refractivity contribution < 1.29 is 23.1 Å². The minimum Gasteiger partial charge on any atom is -0.507 e. The maximum absolute atomic E-state index is 12.2. The van der Waals surface area contributed by atoms with Gasteiger partial charge >= 0.3 is 12.1 Å². The van der Waals surface area contributed by atoms with Crippen molar-refractivity contribution in [2.45, 2.75) is 25.4 Å². The quantitative estimate of drug-likeness (QED) is 0.868. The topological polar surface area (TPSA) is 49.3 Å². The summed E-state index contributed by atoms with van der Waals surface area (Å²) in [6.07, 6.45) is -3.35. The van der Waals surface area contributed by atoms with Crippen molar-refractivity contribution in [1.82, 2.24) is 5.32 Å². The number of hydrogen-bond acceptors (Lipinski definition) is 2. The normalized spacial score (nSPS) is 15.7. The van der Waals surface area contributed by atoms with Gasteiger partial charge in [-0.15, -0.1) is 0 Å². The number of allylic oxidation sites excluding steroid dienone is 2. The maximum atomic E-state index is 12.2. The van der Waals surface area contributed by atoms with Crippen molar-refractivity contribution >= 4 is 11.5 Å². The van der Waals surface area contributed by atoms with E-state index in [0.29, 0.717) is 30.4 Å². The van der Waals surface area contributed by atoms with Crippen molar-refractivity contribution in [2.75, 3.05) is 0 Å². The van der Waals surface area contributed by atoms with Crippen molar-refractivity contribution in [3.63, 3.8) is 0 Å². The Morgan fingerprint density at radius 1 is 1.21 bits per heavy atom. The van der Waals surface area contributed by atoms with Gasteiger partial charge in [0.1, 0.15) is 5.75 Å². The number of hydrogen-bond donors (Lipinski definition) is 2. The number of benzene rings is 1. The number of alkyl halides is 3. The molecule has 1 aliphatic carbocycles. The Morgan fingerprint density at radius 3 is 2.53 bits per heavy atom. The molecule has 1 amide bonds. The summed E-state index contributed by atoms with van der Waals surface area (Å²) in [6, 6.07) is 6.39. The van der Waals surface area contributed by atoms with Crippen LogP contribution in [0.15, 0.2) is 30.0 Å². The summed E-state index contributed by atoms with van der Waals surface area (Å²) in [5, 5.41) is 11.6. The van der Waals surface area contributed by atoms with Gasteiger partial charge in [0.05, 0.1) is 0 Å². The van der Waals surface area contributed by atoms with E-state index in [1.165, 1.54) is 6.07 Å². The SMILES string of the molecule is O=C(NC1=C(c2ccccc2O)CCC1)C(F)(F)F. The van der Waals surface area contributed by atoms with E-state index in [-0.39, 0.29) is 11.4 Å². The minimum atomic E-state index is -4.90. The molecule has 0 spiro atoms. The van der Waals surface area contributed by atoms with Gasteiger partial charge in [-0.05, 0) is 30.9 Å². The molecule has 0 aromatic heterocycles. The molecule has 102 valence electrons. The van der Waals surface area contributed by atoms with Gasteiger partial charge in [0, 0.05) is 11.3 Å². The average Bonchev–Trinajstić information content (AvgIpc) is 2.76. The third-order valence-corrected chi connectivity index (χ3v) is 2.97. The molecule has 3 nitrogen and oxygen atoms in total. The second-order valence-electron chi connectivity index (χ2n) is 4.28. The van der Waals surface area contributed by atoms with Crippen LogP contribution in [0.2, 0.25) is 0 Å². The minimum absolute atomic E-state index is 0.00171. The van der Waals surface area contributed by atoms with Crippen LogP contribution in [0.3, 0.4) is 0 Å². The average molecular weight is 271 g/mol. The Kier molecular flexibility index (Phi) is 3.50. The van der Waals surface area contributed by atoms with Gasteiger partial charge in [0.15, 0.2) is 0 Å². The van der Waals surface area contributed by atoms with Gasteiger partial charge in [0.2, 0.25) is 0 Å². The highest BCUT2D eigenvalue weighted by Crippen LogP contribution is 2.36. The number of amides is 1. The van der Waals surface area contributed by atoms with Crippen LogP contribution < -0.4 is 5.32 Å². The summed E-state index contributed by atoms with van der Waals surface area (Å²) >= 11 is 0. The first kappa shape index (κ1) is 13.5. The summed E-state index contributed by atoms with van der Waals surface area (Å²) < 4.78 is 36.7. The molecule has 0 saturated carbocycles. The molecule has 0 heterocycles. The molecule has 1 aliphatic rings. The van der Waals surface area contributed by atoms with Crippen LogP contribution in [-0.4, -0.2) is 17.2 Å². The van der Waals surface area contributed by atoms with Gasteiger partial charge in [-0.25, -0.2) is 0 Å².